The lowest BCUT2D eigenvalue weighted by Gasteiger charge is -2.11. The van der Waals surface area contributed by atoms with Crippen molar-refractivity contribution in [3.05, 3.63) is 58.6 Å². The number of amides is 1. The standard InChI is InChI=1S/C19H21ClN2O3/c1-3-12(2)13-4-7-15(8-5-13)22-18(23)11-25-19(24)14-6-9-16(20)17(21)10-14/h4-10,12H,3,11,21H2,1-2H3,(H,22,23). The minimum atomic E-state index is -0.634. The Kier molecular flexibility index (Phi) is 6.42. The number of nitrogens with one attached hydrogen (secondary N) is 1. The maximum absolute atomic E-state index is 11.9. The van der Waals surface area contributed by atoms with Crippen molar-refractivity contribution in [2.24, 2.45) is 0 Å². The van der Waals surface area contributed by atoms with Gasteiger partial charge in [-0.05, 0) is 48.2 Å². The van der Waals surface area contributed by atoms with Crippen LogP contribution in [0.25, 0.3) is 0 Å². The van der Waals surface area contributed by atoms with Crippen LogP contribution < -0.4 is 11.1 Å². The second-order valence-corrected chi connectivity index (χ2v) is 6.20. The van der Waals surface area contributed by atoms with Crippen molar-refractivity contribution in [2.75, 3.05) is 17.7 Å². The first kappa shape index (κ1) is 18.8. The van der Waals surface area contributed by atoms with E-state index in [9.17, 15) is 9.59 Å². The highest BCUT2D eigenvalue weighted by Crippen LogP contribution is 2.21. The molecule has 2 rings (SSSR count). The van der Waals surface area contributed by atoms with Crippen LogP contribution in [0.3, 0.4) is 0 Å². The summed E-state index contributed by atoms with van der Waals surface area (Å²) in [5.41, 5.74) is 8.04. The highest BCUT2D eigenvalue weighted by Gasteiger charge is 2.12. The predicted molar refractivity (Wildman–Crippen MR) is 99.9 cm³/mol. The van der Waals surface area contributed by atoms with Crippen molar-refractivity contribution in [1.82, 2.24) is 0 Å². The summed E-state index contributed by atoms with van der Waals surface area (Å²) in [6.45, 7) is 3.90. The number of hydrogen-bond acceptors (Lipinski definition) is 4. The topological polar surface area (TPSA) is 81.4 Å². The molecule has 0 spiro atoms. The predicted octanol–water partition coefficient (Wildman–Crippen LogP) is 4.23. The van der Waals surface area contributed by atoms with Gasteiger partial charge in [0.15, 0.2) is 6.61 Å². The van der Waals surface area contributed by atoms with Crippen molar-refractivity contribution in [1.29, 1.82) is 0 Å². The molecule has 0 saturated heterocycles. The molecule has 1 atom stereocenters. The number of anilines is 2. The van der Waals surface area contributed by atoms with E-state index >= 15 is 0 Å². The molecular weight excluding hydrogens is 340 g/mol. The van der Waals surface area contributed by atoms with Crippen LogP contribution in [0.15, 0.2) is 42.5 Å². The molecule has 1 amide bonds. The summed E-state index contributed by atoms with van der Waals surface area (Å²) in [6.07, 6.45) is 1.05. The van der Waals surface area contributed by atoms with Gasteiger partial charge in [0.05, 0.1) is 16.3 Å². The molecule has 132 valence electrons. The lowest BCUT2D eigenvalue weighted by atomic mass is 9.99. The summed E-state index contributed by atoms with van der Waals surface area (Å²) >= 11 is 5.80. The van der Waals surface area contributed by atoms with Crippen LogP contribution in [-0.4, -0.2) is 18.5 Å². The smallest absolute Gasteiger partial charge is 0.338 e. The van der Waals surface area contributed by atoms with E-state index in [0.29, 0.717) is 16.6 Å². The quantitative estimate of drug-likeness (QED) is 0.596. The summed E-state index contributed by atoms with van der Waals surface area (Å²) in [6, 6.07) is 12.0. The molecule has 6 heteroatoms. The van der Waals surface area contributed by atoms with Crippen molar-refractivity contribution in [2.45, 2.75) is 26.2 Å². The first-order valence-electron chi connectivity index (χ1n) is 8.02. The van der Waals surface area contributed by atoms with Gasteiger partial charge in [-0.25, -0.2) is 4.79 Å². The highest BCUT2D eigenvalue weighted by atomic mass is 35.5. The Hall–Kier alpha value is -2.53. The Balaban J connectivity index is 1.87. The van der Waals surface area contributed by atoms with Crippen molar-refractivity contribution in [3.8, 4) is 0 Å². The average Bonchev–Trinajstić information content (AvgIpc) is 2.62. The molecule has 3 N–H and O–H groups in total. The molecule has 0 saturated carbocycles. The van der Waals surface area contributed by atoms with Gasteiger partial charge in [-0.1, -0.05) is 37.6 Å². The maximum Gasteiger partial charge on any atom is 0.338 e. The van der Waals surface area contributed by atoms with E-state index in [1.807, 2.05) is 24.3 Å². The Morgan fingerprint density at radius 3 is 2.48 bits per heavy atom. The number of ether oxygens (including phenoxy) is 1. The second kappa shape index (κ2) is 8.53. The van der Waals surface area contributed by atoms with Gasteiger partial charge >= 0.3 is 5.97 Å². The highest BCUT2D eigenvalue weighted by molar-refractivity contribution is 6.33. The first-order valence-corrected chi connectivity index (χ1v) is 8.40. The van der Waals surface area contributed by atoms with E-state index in [0.717, 1.165) is 6.42 Å². The van der Waals surface area contributed by atoms with Gasteiger partial charge in [-0.3, -0.25) is 4.79 Å². The third-order valence-corrected chi connectivity index (χ3v) is 4.29. The molecule has 0 aromatic heterocycles. The van der Waals surface area contributed by atoms with E-state index in [1.54, 1.807) is 0 Å². The third-order valence-electron chi connectivity index (χ3n) is 3.94. The molecule has 25 heavy (non-hydrogen) atoms. The van der Waals surface area contributed by atoms with Crippen LogP contribution in [-0.2, 0) is 9.53 Å². The third kappa shape index (κ3) is 5.22. The van der Waals surface area contributed by atoms with E-state index in [4.69, 9.17) is 22.1 Å². The zero-order valence-electron chi connectivity index (χ0n) is 14.2. The molecule has 2 aromatic carbocycles. The van der Waals surface area contributed by atoms with Crippen LogP contribution in [0.4, 0.5) is 11.4 Å². The number of nitrogen functional groups attached to an aromatic ring is 1. The Morgan fingerprint density at radius 1 is 1.20 bits per heavy atom. The number of hydrogen-bond donors (Lipinski definition) is 2. The molecule has 0 aliphatic heterocycles. The molecule has 0 aliphatic rings. The number of rotatable bonds is 6. The van der Waals surface area contributed by atoms with Gasteiger partial charge < -0.3 is 15.8 Å². The number of carbonyl (C=O) groups is 2. The first-order chi connectivity index (χ1) is 11.9. The van der Waals surface area contributed by atoms with Crippen molar-refractivity contribution < 1.29 is 14.3 Å². The number of halogens is 1. The van der Waals surface area contributed by atoms with Gasteiger partial charge in [0.25, 0.3) is 5.91 Å². The zero-order valence-corrected chi connectivity index (χ0v) is 15.0. The van der Waals surface area contributed by atoms with Gasteiger partial charge in [0, 0.05) is 5.69 Å². The van der Waals surface area contributed by atoms with Gasteiger partial charge in [0.2, 0.25) is 0 Å². The number of benzene rings is 2. The van der Waals surface area contributed by atoms with Gasteiger partial charge in [0.1, 0.15) is 0 Å². The summed E-state index contributed by atoms with van der Waals surface area (Å²) in [5, 5.41) is 3.05. The van der Waals surface area contributed by atoms with Crippen molar-refractivity contribution in [3.63, 3.8) is 0 Å². The Bertz CT molecular complexity index is 760. The fourth-order valence-electron chi connectivity index (χ4n) is 2.21. The molecule has 0 radical (unpaired) electrons. The number of esters is 1. The van der Waals surface area contributed by atoms with E-state index in [-0.39, 0.29) is 17.9 Å². The number of carbonyl (C=O) groups excluding carboxylic acids is 2. The van der Waals surface area contributed by atoms with Crippen LogP contribution in [0, 0.1) is 0 Å². The molecule has 0 bridgehead atoms. The lowest BCUT2D eigenvalue weighted by Crippen LogP contribution is -2.21. The van der Waals surface area contributed by atoms with Crippen LogP contribution in [0.2, 0.25) is 5.02 Å². The Labute approximate surface area is 152 Å². The Morgan fingerprint density at radius 2 is 1.88 bits per heavy atom. The zero-order chi connectivity index (χ0) is 18.4. The lowest BCUT2D eigenvalue weighted by molar-refractivity contribution is -0.119. The summed E-state index contributed by atoms with van der Waals surface area (Å²) < 4.78 is 4.99. The molecule has 0 fully saturated rings. The van der Waals surface area contributed by atoms with E-state index < -0.39 is 11.9 Å². The normalized spacial score (nSPS) is 11.6. The van der Waals surface area contributed by atoms with Gasteiger partial charge in [-0.2, -0.15) is 0 Å². The minimum Gasteiger partial charge on any atom is -0.452 e. The van der Waals surface area contributed by atoms with Crippen LogP contribution >= 0.6 is 11.6 Å². The van der Waals surface area contributed by atoms with E-state index in [1.165, 1.54) is 23.8 Å². The summed E-state index contributed by atoms with van der Waals surface area (Å²) in [5.74, 6) is -0.574. The monoisotopic (exact) mass is 360 g/mol. The second-order valence-electron chi connectivity index (χ2n) is 5.79. The SMILES string of the molecule is CCC(C)c1ccc(NC(=O)COC(=O)c2ccc(Cl)c(N)c2)cc1. The molecule has 2 aromatic rings. The summed E-state index contributed by atoms with van der Waals surface area (Å²) in [4.78, 5) is 23.8. The van der Waals surface area contributed by atoms with Gasteiger partial charge in [-0.15, -0.1) is 0 Å². The molecule has 0 heterocycles. The average molecular weight is 361 g/mol. The summed E-state index contributed by atoms with van der Waals surface area (Å²) in [7, 11) is 0. The largest absolute Gasteiger partial charge is 0.452 e. The minimum absolute atomic E-state index is 0.243. The van der Waals surface area contributed by atoms with Crippen LogP contribution in [0.1, 0.15) is 42.1 Å². The fraction of sp³-hybridized carbons (Fsp3) is 0.263. The van der Waals surface area contributed by atoms with E-state index in [2.05, 4.69) is 19.2 Å². The molecule has 1 unspecified atom stereocenters. The van der Waals surface area contributed by atoms with Crippen LogP contribution in [0.5, 0.6) is 0 Å². The molecule has 0 aliphatic carbocycles. The number of nitrogens with two attached hydrogens (primary N) is 1. The molecular formula is C19H21ClN2O3. The molecule has 5 nitrogen and oxygen atoms in total. The van der Waals surface area contributed by atoms with Crippen molar-refractivity contribution >= 4 is 34.9 Å². The fourth-order valence-corrected chi connectivity index (χ4v) is 2.33. The maximum atomic E-state index is 11.9.